The Bertz CT molecular complexity index is 2700. The molecule has 0 aliphatic carbocycles. The van der Waals surface area contributed by atoms with Crippen LogP contribution in [0.3, 0.4) is 0 Å². The zero-order valence-corrected chi connectivity index (χ0v) is 45.7. The Kier molecular flexibility index (Phi) is 24.5. The number of likely N-dealkylation sites (N-methyl/N-ethyl adjacent to an activating group) is 1. The van der Waals surface area contributed by atoms with Crippen molar-refractivity contribution in [3.63, 3.8) is 0 Å². The molecule has 0 aromatic heterocycles. The van der Waals surface area contributed by atoms with E-state index in [1.54, 1.807) is 50.5 Å². The van der Waals surface area contributed by atoms with Crippen LogP contribution in [0.1, 0.15) is 83.4 Å². The van der Waals surface area contributed by atoms with Crippen molar-refractivity contribution >= 4 is 53.3 Å². The molecule has 426 valence electrons. The number of aliphatic carboxylic acids is 2. The zero-order valence-electron chi connectivity index (χ0n) is 45.7. The number of phenols is 2. The van der Waals surface area contributed by atoms with Crippen LogP contribution >= 0.6 is 0 Å². The number of hydrogen-bond donors (Lipinski definition) is 10. The van der Waals surface area contributed by atoms with Gasteiger partial charge in [0.15, 0.2) is 0 Å². The molecule has 0 radical (unpaired) electrons. The van der Waals surface area contributed by atoms with E-state index in [0.29, 0.717) is 24.0 Å². The van der Waals surface area contributed by atoms with Crippen molar-refractivity contribution in [3.8, 4) is 11.5 Å². The molecule has 79 heavy (non-hydrogen) atoms. The molecule has 10 N–H and O–H groups in total. The third-order valence-corrected chi connectivity index (χ3v) is 13.9. The third-order valence-electron chi connectivity index (χ3n) is 13.9. The first-order chi connectivity index (χ1) is 37.4. The first-order valence-electron chi connectivity index (χ1n) is 26.1. The molecule has 0 bridgehead atoms. The number of benzene rings is 3. The molecule has 1 aliphatic heterocycles. The van der Waals surface area contributed by atoms with E-state index in [9.17, 15) is 63.6 Å². The summed E-state index contributed by atoms with van der Waals surface area (Å²) in [7, 11) is 2.82. The number of ether oxygens (including phenoxy) is 1. The highest BCUT2D eigenvalue weighted by Crippen LogP contribution is 2.20. The molecule has 1 fully saturated rings. The Labute approximate surface area is 460 Å². The molecule has 1 heterocycles. The van der Waals surface area contributed by atoms with Gasteiger partial charge in [0.25, 0.3) is 5.91 Å². The average Bonchev–Trinajstić information content (AvgIpc) is 3.42. The van der Waals surface area contributed by atoms with E-state index in [1.165, 1.54) is 52.1 Å². The first kappa shape index (κ1) is 63.2. The quantitative estimate of drug-likeness (QED) is 0.0725. The minimum atomic E-state index is -1.94. The van der Waals surface area contributed by atoms with Crippen LogP contribution < -0.4 is 31.9 Å². The predicted octanol–water partition coefficient (Wildman–Crippen LogP) is 3.59. The van der Waals surface area contributed by atoms with Crippen LogP contribution in [0.15, 0.2) is 115 Å². The lowest BCUT2D eigenvalue weighted by atomic mass is 9.94. The average molecular weight is 1090 g/mol. The number of nitrogens with zero attached hydrogens (tertiary/aromatic N) is 1. The van der Waals surface area contributed by atoms with Crippen molar-refractivity contribution in [1.82, 2.24) is 36.8 Å². The number of hydrogen-bond acceptors (Lipinski definition) is 12. The van der Waals surface area contributed by atoms with Gasteiger partial charge < -0.3 is 62.0 Å². The molecule has 1 aliphatic rings. The fraction of sp³-hybridized carbons (Fsp3) is 0.431. The summed E-state index contributed by atoms with van der Waals surface area (Å²) in [5.74, 6) is -12.3. The number of nitrogens with one attached hydrogen (secondary N) is 6. The summed E-state index contributed by atoms with van der Waals surface area (Å²) in [5.41, 5.74) is 2.74. The van der Waals surface area contributed by atoms with Gasteiger partial charge in [-0.2, -0.15) is 0 Å². The predicted molar refractivity (Wildman–Crippen MR) is 292 cm³/mol. The number of carboxylic acid groups (broad SMARTS) is 2. The maximum absolute atomic E-state index is 14.7. The number of methoxy groups -OCH3 is 1. The fourth-order valence-electron chi connectivity index (χ4n) is 8.67. The summed E-state index contributed by atoms with van der Waals surface area (Å²) in [4.78, 5) is 124. The summed E-state index contributed by atoms with van der Waals surface area (Å²) < 4.78 is 5.84. The van der Waals surface area contributed by atoms with Crippen LogP contribution in [-0.4, -0.2) is 135 Å². The van der Waals surface area contributed by atoms with Crippen LogP contribution in [0.4, 0.5) is 0 Å². The summed E-state index contributed by atoms with van der Waals surface area (Å²) in [6.07, 6.45) is 5.17. The van der Waals surface area contributed by atoms with Crippen LogP contribution in [-0.2, 0) is 67.2 Å². The molecular formula is C58H75N7O14. The monoisotopic (exact) mass is 1090 g/mol. The smallest absolute Gasteiger partial charge is 0.327 e. The fourth-order valence-corrected chi connectivity index (χ4v) is 8.67. The number of amides is 7. The van der Waals surface area contributed by atoms with Crippen molar-refractivity contribution in [2.24, 2.45) is 17.8 Å². The normalized spacial score (nSPS) is 23.9. The first-order valence-corrected chi connectivity index (χ1v) is 26.1. The van der Waals surface area contributed by atoms with Gasteiger partial charge in [0.1, 0.15) is 47.4 Å². The largest absolute Gasteiger partial charge is 0.508 e. The van der Waals surface area contributed by atoms with Gasteiger partial charge in [0, 0.05) is 26.5 Å². The third kappa shape index (κ3) is 19.9. The van der Waals surface area contributed by atoms with E-state index >= 15 is 0 Å². The van der Waals surface area contributed by atoms with Crippen molar-refractivity contribution in [2.75, 3.05) is 14.2 Å². The number of carbonyl (C=O) groups is 9. The Morgan fingerprint density at radius 2 is 1.25 bits per heavy atom. The van der Waals surface area contributed by atoms with Crippen molar-refractivity contribution in [3.05, 3.63) is 132 Å². The molecule has 4 rings (SSSR count). The lowest BCUT2D eigenvalue weighted by molar-refractivity contribution is -0.146. The lowest BCUT2D eigenvalue weighted by Gasteiger charge is -2.28. The number of aromatic hydroxyl groups is 2. The van der Waals surface area contributed by atoms with E-state index in [0.717, 1.165) is 16.0 Å². The molecular weight excluding hydrogens is 1020 g/mol. The molecule has 0 unspecified atom stereocenters. The van der Waals surface area contributed by atoms with Gasteiger partial charge in [0.05, 0.1) is 24.0 Å². The highest BCUT2D eigenvalue weighted by Gasteiger charge is 2.37. The van der Waals surface area contributed by atoms with E-state index in [4.69, 9.17) is 4.74 Å². The maximum Gasteiger partial charge on any atom is 0.327 e. The minimum absolute atomic E-state index is 0.0280. The Hall–Kier alpha value is -8.33. The molecule has 1 saturated heterocycles. The van der Waals surface area contributed by atoms with Crippen molar-refractivity contribution in [2.45, 2.75) is 128 Å². The van der Waals surface area contributed by atoms with Gasteiger partial charge in [-0.15, -0.1) is 0 Å². The standard InChI is InChI=1S/C58H75N7O14/c1-33(31-34(2)48(79-8)32-41-13-10-9-11-14-41)17-27-44-35(3)51(69)63-47(57(75)76)29-30-49(68)65(7)38(6)54(72)59-37(5)53(71)62-46(28-22-40-20-25-43(67)26-21-40)56(74)64-50(58(77)78)36(4)52(70)61-45(55(73)60-44)16-12-15-39-18-23-42(66)24-19-39/h9-11,13-14,17-21,23-27,31,34-37,44-48,50,66-67H,6,12,15-16,22,28-30,32H2,1-5,7-8H3,(H,59,72)(H,60,73)(H,61,70)(H,62,71)(H,63,69)(H,64,74)(H,75,76)(H,77,78)/b27-17+,33-31+/t34-,35-,36-,37+,44-,45-,46-,47+,48-,50+/m0/s1. The number of phenolic OH excluding ortho intramolecular Hbond substituents is 2. The molecule has 0 saturated carbocycles. The molecule has 3 aromatic carbocycles. The van der Waals surface area contributed by atoms with Gasteiger partial charge in [-0.3, -0.25) is 33.6 Å². The van der Waals surface area contributed by atoms with E-state index in [1.807, 2.05) is 43.3 Å². The molecule has 3 aromatic rings. The highest BCUT2D eigenvalue weighted by atomic mass is 16.5. The Morgan fingerprint density at radius 3 is 1.84 bits per heavy atom. The van der Waals surface area contributed by atoms with Crippen LogP contribution in [0.2, 0.25) is 0 Å². The Balaban J connectivity index is 1.78. The second kappa shape index (κ2) is 30.6. The van der Waals surface area contributed by atoms with E-state index < -0.39 is 120 Å². The second-order valence-electron chi connectivity index (χ2n) is 19.9. The van der Waals surface area contributed by atoms with E-state index in [2.05, 4.69) is 38.5 Å². The number of allylic oxidation sites excluding steroid dienone is 2. The van der Waals surface area contributed by atoms with Gasteiger partial charge >= 0.3 is 11.9 Å². The highest BCUT2D eigenvalue weighted by molar-refractivity contribution is 6.00. The maximum atomic E-state index is 14.7. The Morgan fingerprint density at radius 1 is 0.696 bits per heavy atom. The summed E-state index contributed by atoms with van der Waals surface area (Å²) in [6.45, 7) is 11.4. The number of carbonyl (C=O) groups excluding carboxylic acids is 7. The summed E-state index contributed by atoms with van der Waals surface area (Å²) in [6, 6.07) is 13.1. The summed E-state index contributed by atoms with van der Waals surface area (Å²) >= 11 is 0. The lowest BCUT2D eigenvalue weighted by Crippen LogP contribution is -2.59. The van der Waals surface area contributed by atoms with Crippen LogP contribution in [0.5, 0.6) is 11.5 Å². The zero-order chi connectivity index (χ0) is 58.5. The summed E-state index contributed by atoms with van der Waals surface area (Å²) in [5, 5.41) is 55.7. The number of rotatable bonds is 16. The van der Waals surface area contributed by atoms with Crippen molar-refractivity contribution < 1.29 is 68.3 Å². The number of aryl methyl sites for hydroxylation is 2. The SMILES string of the molecule is C=C1C(=O)N[C@H](C)C(=O)N[C@@H](CCc2ccc(O)cc2)C(=O)N[C@@H](C(=O)O)[C@H](C)C(=O)N[C@@H](CCCc2ccc(O)cc2)C(=O)N[C@@H](/C=C/C(C)=C/[C@H](C)[C@H](Cc2ccccc2)OC)[C@H](C)C(=O)N[C@@H](C(=O)O)CCC(=O)N1C. The van der Waals surface area contributed by atoms with Crippen LogP contribution in [0.25, 0.3) is 0 Å². The molecule has 10 atom stereocenters. The molecule has 0 spiro atoms. The van der Waals surface area contributed by atoms with Gasteiger partial charge in [-0.25, -0.2) is 9.59 Å². The van der Waals surface area contributed by atoms with Crippen LogP contribution in [0, 0.1) is 17.8 Å². The number of carboxylic acids is 2. The van der Waals surface area contributed by atoms with E-state index in [-0.39, 0.29) is 49.2 Å². The van der Waals surface area contributed by atoms with Crippen molar-refractivity contribution in [1.29, 1.82) is 0 Å². The second-order valence-corrected chi connectivity index (χ2v) is 19.9. The van der Waals surface area contributed by atoms with Gasteiger partial charge in [0.2, 0.25) is 35.4 Å². The minimum Gasteiger partial charge on any atom is -0.508 e. The van der Waals surface area contributed by atoms with Gasteiger partial charge in [-0.1, -0.05) is 106 Å². The molecule has 7 amide bonds. The topological polar surface area (TPSA) is 319 Å². The van der Waals surface area contributed by atoms with Gasteiger partial charge in [-0.05, 0) is 99.7 Å². The molecule has 21 nitrogen and oxygen atoms in total. The molecule has 21 heteroatoms.